The predicted molar refractivity (Wildman–Crippen MR) is 71.7 cm³/mol. The summed E-state index contributed by atoms with van der Waals surface area (Å²) in [6, 6.07) is 9.26. The Hall–Kier alpha value is -2.43. The van der Waals surface area contributed by atoms with E-state index in [1.807, 2.05) is 30.3 Å². The van der Waals surface area contributed by atoms with Gasteiger partial charge < -0.3 is 10.6 Å². The van der Waals surface area contributed by atoms with Crippen LogP contribution in [-0.4, -0.2) is 31.7 Å². The number of allylic oxidation sites excluding steroid dienone is 1. The van der Waals surface area contributed by atoms with Gasteiger partial charge in [-0.1, -0.05) is 36.4 Å². The van der Waals surface area contributed by atoms with Gasteiger partial charge in [0, 0.05) is 13.6 Å². The highest BCUT2D eigenvalue weighted by Gasteiger charge is 2.23. The van der Waals surface area contributed by atoms with Gasteiger partial charge >= 0.3 is 6.41 Å². The minimum absolute atomic E-state index is 0.0683. The van der Waals surface area contributed by atoms with Gasteiger partial charge in [-0.25, -0.2) is 0 Å². The van der Waals surface area contributed by atoms with Crippen LogP contribution in [0.25, 0.3) is 6.08 Å². The van der Waals surface area contributed by atoms with E-state index in [2.05, 4.69) is 10.6 Å². The first-order valence-corrected chi connectivity index (χ1v) is 5.77. The summed E-state index contributed by atoms with van der Waals surface area (Å²) in [4.78, 5) is 33.6. The highest BCUT2D eigenvalue weighted by molar-refractivity contribution is 6.08. The van der Waals surface area contributed by atoms with Crippen molar-refractivity contribution in [1.82, 2.24) is 10.6 Å². The van der Waals surface area contributed by atoms with E-state index in [1.54, 1.807) is 6.08 Å². The summed E-state index contributed by atoms with van der Waals surface area (Å²) in [6.07, 6.45) is 4.41. The average Bonchev–Trinajstić information content (AvgIpc) is 2.46. The predicted octanol–water partition coefficient (Wildman–Crippen LogP) is 0.288. The molecule has 1 aromatic carbocycles. The van der Waals surface area contributed by atoms with Crippen molar-refractivity contribution in [2.45, 2.75) is 0 Å². The maximum atomic E-state index is 11.9. The lowest BCUT2D eigenvalue weighted by molar-refractivity contribution is -0.131. The zero-order valence-electron chi connectivity index (χ0n) is 10.6. The quantitative estimate of drug-likeness (QED) is 0.420. The Morgan fingerprint density at radius 2 is 2.00 bits per heavy atom. The molecule has 0 aromatic heterocycles. The minimum atomic E-state index is -0.939. The van der Waals surface area contributed by atoms with E-state index >= 15 is 0 Å². The molecule has 0 saturated carbocycles. The zero-order valence-corrected chi connectivity index (χ0v) is 10.6. The Balaban J connectivity index is 2.73. The third-order valence-corrected chi connectivity index (χ3v) is 2.52. The van der Waals surface area contributed by atoms with Crippen LogP contribution in [-0.2, 0) is 14.4 Å². The summed E-state index contributed by atoms with van der Waals surface area (Å²) in [5.74, 6) is -1.75. The first-order chi connectivity index (χ1) is 9.19. The number of nitrogens with one attached hydrogen (secondary N) is 2. The number of carbonyl (C=O) groups excluding carboxylic acids is 3. The molecule has 2 N–H and O–H groups in total. The highest BCUT2D eigenvalue weighted by atomic mass is 16.2. The van der Waals surface area contributed by atoms with Crippen LogP contribution in [0.15, 0.2) is 36.4 Å². The Morgan fingerprint density at radius 3 is 2.58 bits per heavy atom. The number of rotatable bonds is 7. The lowest BCUT2D eigenvalue weighted by Crippen LogP contribution is -2.39. The molecule has 0 aliphatic carbocycles. The van der Waals surface area contributed by atoms with Gasteiger partial charge in [-0.2, -0.15) is 0 Å². The van der Waals surface area contributed by atoms with E-state index < -0.39 is 11.8 Å². The lowest BCUT2D eigenvalue weighted by atomic mass is 10.0. The molecule has 1 radical (unpaired) electrons. The third-order valence-electron chi connectivity index (χ3n) is 2.52. The smallest absolute Gasteiger partial charge is 0.309 e. The molecule has 0 fully saturated rings. The summed E-state index contributed by atoms with van der Waals surface area (Å²) in [5, 5.41) is 4.61. The highest BCUT2D eigenvalue weighted by Crippen LogP contribution is 2.04. The molecule has 5 heteroatoms. The van der Waals surface area contributed by atoms with Crippen molar-refractivity contribution in [1.29, 1.82) is 0 Å². The molecule has 2 amide bonds. The van der Waals surface area contributed by atoms with Crippen LogP contribution in [0, 0.1) is 5.92 Å². The fourth-order valence-electron chi connectivity index (χ4n) is 1.50. The van der Waals surface area contributed by atoms with Crippen molar-refractivity contribution in [3.05, 3.63) is 42.0 Å². The van der Waals surface area contributed by atoms with Crippen molar-refractivity contribution < 1.29 is 14.4 Å². The van der Waals surface area contributed by atoms with Gasteiger partial charge in [0.05, 0.1) is 0 Å². The van der Waals surface area contributed by atoms with Gasteiger partial charge in [0.1, 0.15) is 5.92 Å². The van der Waals surface area contributed by atoms with Crippen molar-refractivity contribution in [3.63, 3.8) is 0 Å². The van der Waals surface area contributed by atoms with Crippen LogP contribution in [0.3, 0.4) is 0 Å². The van der Waals surface area contributed by atoms with E-state index in [-0.39, 0.29) is 12.3 Å². The summed E-state index contributed by atoms with van der Waals surface area (Å²) < 4.78 is 0. The topological polar surface area (TPSA) is 75.3 Å². The molecule has 1 atom stereocenters. The average molecular weight is 259 g/mol. The van der Waals surface area contributed by atoms with Gasteiger partial charge in [-0.3, -0.25) is 14.4 Å². The lowest BCUT2D eigenvalue weighted by Gasteiger charge is -2.10. The van der Waals surface area contributed by atoms with Crippen molar-refractivity contribution in [2.75, 3.05) is 13.6 Å². The second-order valence-electron chi connectivity index (χ2n) is 3.80. The molecule has 0 saturated heterocycles. The number of carbonyl (C=O) groups is 2. The van der Waals surface area contributed by atoms with Gasteiger partial charge in [0.15, 0.2) is 5.78 Å². The van der Waals surface area contributed by atoms with Gasteiger partial charge in [0.25, 0.3) is 0 Å². The summed E-state index contributed by atoms with van der Waals surface area (Å²) in [6.45, 7) is -0.0683. The molecule has 0 spiro atoms. The Morgan fingerprint density at radius 1 is 1.32 bits per heavy atom. The van der Waals surface area contributed by atoms with Crippen LogP contribution in [0.5, 0.6) is 0 Å². The zero-order chi connectivity index (χ0) is 14.1. The summed E-state index contributed by atoms with van der Waals surface area (Å²) >= 11 is 0. The van der Waals surface area contributed by atoms with E-state index in [0.29, 0.717) is 0 Å². The largest absolute Gasteiger partial charge is 0.358 e. The molecular weight excluding hydrogens is 244 g/mol. The number of ketones is 1. The number of hydrogen-bond donors (Lipinski definition) is 2. The fourth-order valence-corrected chi connectivity index (χ4v) is 1.50. The van der Waals surface area contributed by atoms with E-state index in [9.17, 15) is 14.4 Å². The van der Waals surface area contributed by atoms with Crippen LogP contribution in [0.1, 0.15) is 5.56 Å². The minimum Gasteiger partial charge on any atom is -0.358 e. The summed E-state index contributed by atoms with van der Waals surface area (Å²) in [7, 11) is 1.44. The monoisotopic (exact) mass is 259 g/mol. The SMILES string of the molecule is CNC(=O)C(CN[C]=O)C(=O)/C=C/c1ccccc1. The Kier molecular flexibility index (Phi) is 6.02. The first-order valence-electron chi connectivity index (χ1n) is 5.77. The Bertz CT molecular complexity index is 469. The van der Waals surface area contributed by atoms with E-state index in [0.717, 1.165) is 5.56 Å². The van der Waals surface area contributed by atoms with Gasteiger partial charge in [0.2, 0.25) is 5.91 Å². The van der Waals surface area contributed by atoms with Crippen molar-refractivity contribution >= 4 is 24.2 Å². The maximum Gasteiger partial charge on any atom is 0.309 e. The summed E-state index contributed by atoms with van der Waals surface area (Å²) in [5.41, 5.74) is 0.862. The van der Waals surface area contributed by atoms with Gasteiger partial charge in [-0.05, 0) is 11.6 Å². The normalized spacial score (nSPS) is 11.8. The van der Waals surface area contributed by atoms with Crippen LogP contribution in [0.4, 0.5) is 0 Å². The third kappa shape index (κ3) is 4.75. The molecular formula is C14H15N2O3. The van der Waals surface area contributed by atoms with E-state index in [1.165, 1.54) is 19.5 Å². The van der Waals surface area contributed by atoms with Crippen molar-refractivity contribution in [2.24, 2.45) is 5.92 Å². The number of amides is 2. The van der Waals surface area contributed by atoms with Crippen LogP contribution in [0.2, 0.25) is 0 Å². The standard InChI is InChI=1S/C14H15N2O3/c1-15-14(19)12(9-16-10-17)13(18)8-7-11-5-3-2-4-6-11/h2-8,12H,9H2,1H3,(H,15,19)(H,16,17)/b8-7+. The Labute approximate surface area is 111 Å². The molecule has 19 heavy (non-hydrogen) atoms. The maximum absolute atomic E-state index is 11.9. The molecule has 0 bridgehead atoms. The molecule has 1 unspecified atom stereocenters. The van der Waals surface area contributed by atoms with Crippen LogP contribution >= 0.6 is 0 Å². The van der Waals surface area contributed by atoms with Gasteiger partial charge in [-0.15, -0.1) is 0 Å². The second kappa shape index (κ2) is 7.81. The van der Waals surface area contributed by atoms with E-state index in [4.69, 9.17) is 0 Å². The molecule has 0 aliphatic rings. The van der Waals surface area contributed by atoms with Crippen LogP contribution < -0.4 is 10.6 Å². The molecule has 5 nitrogen and oxygen atoms in total. The molecule has 0 heterocycles. The van der Waals surface area contributed by atoms with Crippen molar-refractivity contribution in [3.8, 4) is 0 Å². The first kappa shape index (κ1) is 14.6. The molecule has 1 rings (SSSR count). The molecule has 0 aliphatic heterocycles. The fraction of sp³-hybridized carbons (Fsp3) is 0.214. The second-order valence-corrected chi connectivity index (χ2v) is 3.80. The molecule has 1 aromatic rings. The molecule has 99 valence electrons. The number of benzene rings is 1. The number of hydrogen-bond acceptors (Lipinski definition) is 3.